The van der Waals surface area contributed by atoms with Crippen molar-refractivity contribution in [3.8, 4) is 11.3 Å². The number of hydrogen-bond acceptors (Lipinski definition) is 1. The first-order valence-electron chi connectivity index (χ1n) is 9.18. The number of aromatic nitrogens is 1. The average molecular weight is 318 g/mol. The molecular formula is C22H26N2. The Hall–Kier alpha value is -2.06. The van der Waals surface area contributed by atoms with Crippen molar-refractivity contribution >= 4 is 10.9 Å². The molecule has 0 spiro atoms. The van der Waals surface area contributed by atoms with Crippen molar-refractivity contribution in [1.82, 2.24) is 9.88 Å². The molecule has 0 saturated carbocycles. The minimum atomic E-state index is 0.647. The van der Waals surface area contributed by atoms with Gasteiger partial charge in [0.15, 0.2) is 0 Å². The minimum Gasteiger partial charge on any atom is -0.354 e. The summed E-state index contributed by atoms with van der Waals surface area (Å²) in [6.07, 6.45) is 6.51. The largest absolute Gasteiger partial charge is 0.354 e. The third kappa shape index (κ3) is 2.99. The van der Waals surface area contributed by atoms with Crippen LogP contribution in [0.4, 0.5) is 0 Å². The predicted octanol–water partition coefficient (Wildman–Crippen LogP) is 5.25. The van der Waals surface area contributed by atoms with Crippen LogP contribution in [0.1, 0.15) is 31.2 Å². The van der Waals surface area contributed by atoms with Crippen LogP contribution >= 0.6 is 0 Å². The molecule has 1 aliphatic heterocycles. The third-order valence-electron chi connectivity index (χ3n) is 5.49. The number of rotatable bonds is 3. The van der Waals surface area contributed by atoms with E-state index in [9.17, 15) is 0 Å². The Morgan fingerprint density at radius 3 is 2.62 bits per heavy atom. The Balaban J connectivity index is 1.78. The molecule has 1 unspecified atom stereocenters. The number of H-pyrrole nitrogens is 1. The topological polar surface area (TPSA) is 19.0 Å². The van der Waals surface area contributed by atoms with E-state index in [1.54, 1.807) is 0 Å². The molecule has 2 nitrogen and oxygen atoms in total. The molecule has 1 N–H and O–H groups in total. The van der Waals surface area contributed by atoms with Gasteiger partial charge in [-0.05, 0) is 50.0 Å². The molecule has 2 aromatic carbocycles. The minimum absolute atomic E-state index is 0.647. The summed E-state index contributed by atoms with van der Waals surface area (Å²) in [6, 6.07) is 20.2. The predicted molar refractivity (Wildman–Crippen MR) is 102 cm³/mol. The second-order valence-corrected chi connectivity index (χ2v) is 7.08. The highest BCUT2D eigenvalue weighted by Gasteiger charge is 2.22. The van der Waals surface area contributed by atoms with E-state index in [4.69, 9.17) is 0 Å². The number of para-hydroxylation sites is 1. The zero-order valence-electron chi connectivity index (χ0n) is 14.5. The van der Waals surface area contributed by atoms with Gasteiger partial charge in [0.25, 0.3) is 0 Å². The van der Waals surface area contributed by atoms with E-state index < -0.39 is 0 Å². The molecule has 1 saturated heterocycles. The highest BCUT2D eigenvalue weighted by molar-refractivity contribution is 5.90. The molecule has 0 bridgehead atoms. The molecule has 0 aliphatic carbocycles. The maximum atomic E-state index is 3.68. The van der Waals surface area contributed by atoms with E-state index >= 15 is 0 Å². The van der Waals surface area contributed by atoms with E-state index in [1.165, 1.54) is 60.0 Å². The summed E-state index contributed by atoms with van der Waals surface area (Å²) in [5.74, 6) is 0. The standard InChI is InChI=1S/C22H26N2/c1-24-15-9-3-6-12-18(24)16-20-19-13-7-8-14-21(19)23-22(20)17-10-4-2-5-11-17/h2,4-5,7-8,10-11,13-14,18,23H,3,6,9,12,15-16H2,1H3. The highest BCUT2D eigenvalue weighted by Crippen LogP contribution is 2.33. The molecule has 124 valence electrons. The molecule has 1 fully saturated rings. The Labute approximate surface area is 144 Å². The fourth-order valence-electron chi connectivity index (χ4n) is 4.08. The van der Waals surface area contributed by atoms with Gasteiger partial charge in [0.05, 0.1) is 0 Å². The molecule has 1 aliphatic rings. The summed E-state index contributed by atoms with van der Waals surface area (Å²) >= 11 is 0. The Bertz CT molecular complexity index is 803. The van der Waals surface area contributed by atoms with Crippen molar-refractivity contribution < 1.29 is 0 Å². The van der Waals surface area contributed by atoms with E-state index in [1.807, 2.05) is 0 Å². The Morgan fingerprint density at radius 2 is 1.75 bits per heavy atom. The summed E-state index contributed by atoms with van der Waals surface area (Å²) in [5.41, 5.74) is 5.33. The lowest BCUT2D eigenvalue weighted by atomic mass is 9.96. The smallest absolute Gasteiger partial charge is 0.0497 e. The second kappa shape index (κ2) is 6.82. The third-order valence-corrected chi connectivity index (χ3v) is 5.49. The van der Waals surface area contributed by atoms with Gasteiger partial charge in [-0.1, -0.05) is 61.4 Å². The summed E-state index contributed by atoms with van der Waals surface area (Å²) in [6.45, 7) is 1.23. The van der Waals surface area contributed by atoms with Crippen LogP contribution in [-0.2, 0) is 6.42 Å². The summed E-state index contributed by atoms with van der Waals surface area (Å²) < 4.78 is 0. The summed E-state index contributed by atoms with van der Waals surface area (Å²) in [7, 11) is 2.30. The maximum absolute atomic E-state index is 3.68. The quantitative estimate of drug-likeness (QED) is 0.698. The van der Waals surface area contributed by atoms with Crippen LogP contribution in [0, 0.1) is 0 Å². The first kappa shape index (κ1) is 15.5. The number of nitrogens with one attached hydrogen (secondary N) is 1. The first-order valence-corrected chi connectivity index (χ1v) is 9.18. The molecular weight excluding hydrogens is 292 g/mol. The van der Waals surface area contributed by atoms with Gasteiger partial charge in [0, 0.05) is 22.6 Å². The van der Waals surface area contributed by atoms with Crippen molar-refractivity contribution in [1.29, 1.82) is 0 Å². The molecule has 2 heteroatoms. The number of likely N-dealkylation sites (N-methyl/N-ethyl adjacent to an activating group) is 1. The molecule has 1 aromatic heterocycles. The molecule has 1 atom stereocenters. The normalized spacial score (nSPS) is 19.5. The fraction of sp³-hybridized carbons (Fsp3) is 0.364. The lowest BCUT2D eigenvalue weighted by Gasteiger charge is -2.26. The maximum Gasteiger partial charge on any atom is 0.0497 e. The second-order valence-electron chi connectivity index (χ2n) is 7.08. The van der Waals surface area contributed by atoms with Gasteiger partial charge in [0.1, 0.15) is 0 Å². The zero-order chi connectivity index (χ0) is 16.4. The van der Waals surface area contributed by atoms with Crippen molar-refractivity contribution in [3.05, 3.63) is 60.2 Å². The SMILES string of the molecule is CN1CCCCCC1Cc1c(-c2ccccc2)[nH]c2ccccc12. The van der Waals surface area contributed by atoms with Gasteiger partial charge >= 0.3 is 0 Å². The molecule has 2 heterocycles. The van der Waals surface area contributed by atoms with E-state index in [0.29, 0.717) is 6.04 Å². The van der Waals surface area contributed by atoms with Gasteiger partial charge in [-0.2, -0.15) is 0 Å². The van der Waals surface area contributed by atoms with Gasteiger partial charge in [0.2, 0.25) is 0 Å². The van der Waals surface area contributed by atoms with Crippen molar-refractivity contribution in [2.24, 2.45) is 0 Å². The Kier molecular flexibility index (Phi) is 4.40. The van der Waals surface area contributed by atoms with Crippen LogP contribution in [0.5, 0.6) is 0 Å². The van der Waals surface area contributed by atoms with Gasteiger partial charge in [-0.3, -0.25) is 0 Å². The van der Waals surface area contributed by atoms with Crippen LogP contribution < -0.4 is 0 Å². The lowest BCUT2D eigenvalue weighted by Crippen LogP contribution is -2.32. The first-order chi connectivity index (χ1) is 11.8. The molecule has 3 aromatic rings. The van der Waals surface area contributed by atoms with Gasteiger partial charge < -0.3 is 9.88 Å². The van der Waals surface area contributed by atoms with E-state index in [0.717, 1.165) is 6.42 Å². The molecule has 0 radical (unpaired) electrons. The van der Waals surface area contributed by atoms with Gasteiger partial charge in [-0.15, -0.1) is 0 Å². The van der Waals surface area contributed by atoms with Crippen LogP contribution in [0.15, 0.2) is 54.6 Å². The number of fused-ring (bicyclic) bond motifs is 1. The summed E-state index contributed by atoms with van der Waals surface area (Å²) in [5, 5.41) is 1.38. The zero-order valence-corrected chi connectivity index (χ0v) is 14.5. The number of benzene rings is 2. The number of aromatic amines is 1. The monoisotopic (exact) mass is 318 g/mol. The fourth-order valence-corrected chi connectivity index (χ4v) is 4.08. The van der Waals surface area contributed by atoms with E-state index in [2.05, 4.69) is 71.5 Å². The van der Waals surface area contributed by atoms with E-state index in [-0.39, 0.29) is 0 Å². The average Bonchev–Trinajstić information content (AvgIpc) is 2.86. The summed E-state index contributed by atoms with van der Waals surface area (Å²) in [4.78, 5) is 6.25. The van der Waals surface area contributed by atoms with Crippen LogP contribution in [0.3, 0.4) is 0 Å². The number of hydrogen-bond donors (Lipinski definition) is 1. The molecule has 4 rings (SSSR count). The number of nitrogens with zero attached hydrogens (tertiary/aromatic N) is 1. The van der Waals surface area contributed by atoms with Crippen LogP contribution in [0.2, 0.25) is 0 Å². The van der Waals surface area contributed by atoms with Gasteiger partial charge in [-0.25, -0.2) is 0 Å². The number of likely N-dealkylation sites (tertiary alicyclic amines) is 1. The van der Waals surface area contributed by atoms with Crippen molar-refractivity contribution in [2.75, 3.05) is 13.6 Å². The lowest BCUT2D eigenvalue weighted by molar-refractivity contribution is 0.246. The molecule has 24 heavy (non-hydrogen) atoms. The van der Waals surface area contributed by atoms with Crippen LogP contribution in [0.25, 0.3) is 22.2 Å². The van der Waals surface area contributed by atoms with Crippen molar-refractivity contribution in [3.63, 3.8) is 0 Å². The van der Waals surface area contributed by atoms with Crippen LogP contribution in [-0.4, -0.2) is 29.5 Å². The van der Waals surface area contributed by atoms with Crippen molar-refractivity contribution in [2.45, 2.75) is 38.1 Å². The molecule has 0 amide bonds. The highest BCUT2D eigenvalue weighted by atomic mass is 15.1. The Morgan fingerprint density at radius 1 is 0.958 bits per heavy atom.